The Morgan fingerprint density at radius 3 is 2.69 bits per heavy atom. The van der Waals surface area contributed by atoms with Crippen molar-refractivity contribution in [2.24, 2.45) is 4.99 Å². The summed E-state index contributed by atoms with van der Waals surface area (Å²) in [4.78, 5) is 8.77. The summed E-state index contributed by atoms with van der Waals surface area (Å²) in [5, 5.41) is 6.17. The number of halogens is 1. The van der Waals surface area contributed by atoms with E-state index in [0.29, 0.717) is 30.7 Å². The Kier molecular flexibility index (Phi) is 9.94. The highest BCUT2D eigenvalue weighted by Crippen LogP contribution is 2.23. The number of terminal acetylenes is 1. The monoisotopic (exact) mass is 466 g/mol. The summed E-state index contributed by atoms with van der Waals surface area (Å²) in [6, 6.07) is 11.1. The lowest BCUT2D eigenvalue weighted by Crippen LogP contribution is -2.37. The highest BCUT2D eigenvalue weighted by molar-refractivity contribution is 14.0. The lowest BCUT2D eigenvalue weighted by molar-refractivity contribution is 0.407. The highest BCUT2D eigenvalue weighted by atomic mass is 127. The van der Waals surface area contributed by atoms with E-state index in [4.69, 9.17) is 15.9 Å². The number of ether oxygens (including phenoxy) is 2. The molecule has 2 rings (SSSR count). The summed E-state index contributed by atoms with van der Waals surface area (Å²) in [7, 11) is 1.62. The normalized spacial score (nSPS) is 10.3. The Labute approximate surface area is 171 Å². The second kappa shape index (κ2) is 12.0. The van der Waals surface area contributed by atoms with Gasteiger partial charge in [-0.1, -0.05) is 18.1 Å². The molecule has 0 radical (unpaired) electrons. The van der Waals surface area contributed by atoms with Crippen LogP contribution in [-0.4, -0.2) is 31.1 Å². The molecule has 0 atom stereocenters. The fraction of sp³-hybridized carbons (Fsp3) is 0.263. The lowest BCUT2D eigenvalue weighted by Gasteiger charge is -2.09. The Morgan fingerprint density at radius 2 is 2.04 bits per heavy atom. The number of aliphatic imine (C=N–C) groups is 1. The first-order valence-corrected chi connectivity index (χ1v) is 7.97. The number of rotatable bonds is 7. The maximum absolute atomic E-state index is 5.72. The number of aromatic nitrogens is 1. The first kappa shape index (κ1) is 21.6. The van der Waals surface area contributed by atoms with Crippen LogP contribution in [0.5, 0.6) is 17.4 Å². The van der Waals surface area contributed by atoms with Crippen molar-refractivity contribution in [2.75, 3.05) is 20.2 Å². The molecule has 6 nitrogen and oxygen atoms in total. The van der Waals surface area contributed by atoms with Gasteiger partial charge in [0.1, 0.15) is 11.5 Å². The standard InChI is InChI=1S/C19H22N4O2.HI/c1-4-11-21-19(20-5-2)23-14-15-9-10-18(22-13-15)25-17-8-6-7-16(12-17)24-3;/h1,6-10,12-13H,5,11,14H2,2-3H3,(H2,20,21,23);1H. The van der Waals surface area contributed by atoms with Gasteiger partial charge < -0.3 is 20.1 Å². The van der Waals surface area contributed by atoms with Gasteiger partial charge in [-0.25, -0.2) is 9.98 Å². The number of hydrogen-bond acceptors (Lipinski definition) is 4. The van der Waals surface area contributed by atoms with E-state index < -0.39 is 0 Å². The van der Waals surface area contributed by atoms with Crippen LogP contribution in [0.3, 0.4) is 0 Å². The molecular weight excluding hydrogens is 443 g/mol. The molecule has 26 heavy (non-hydrogen) atoms. The van der Waals surface area contributed by atoms with Gasteiger partial charge in [0.15, 0.2) is 5.96 Å². The fourth-order valence-corrected chi connectivity index (χ4v) is 2.00. The van der Waals surface area contributed by atoms with Crippen molar-refractivity contribution in [3.8, 4) is 29.7 Å². The van der Waals surface area contributed by atoms with Gasteiger partial charge in [0.05, 0.1) is 20.2 Å². The number of nitrogens with zero attached hydrogens (tertiary/aromatic N) is 2. The zero-order valence-corrected chi connectivity index (χ0v) is 17.2. The second-order valence-electron chi connectivity index (χ2n) is 5.04. The Hall–Kier alpha value is -2.47. The van der Waals surface area contributed by atoms with Crippen molar-refractivity contribution in [3.63, 3.8) is 0 Å². The molecule has 0 bridgehead atoms. The van der Waals surface area contributed by atoms with Crippen molar-refractivity contribution in [2.45, 2.75) is 13.5 Å². The molecule has 0 amide bonds. The summed E-state index contributed by atoms with van der Waals surface area (Å²) in [6.45, 7) is 3.69. The van der Waals surface area contributed by atoms with Gasteiger partial charge in [0, 0.05) is 24.9 Å². The molecule has 138 valence electrons. The summed E-state index contributed by atoms with van der Waals surface area (Å²) in [5.74, 6) is 5.12. The van der Waals surface area contributed by atoms with E-state index in [2.05, 4.69) is 26.5 Å². The molecular formula is C19H23IN4O2. The van der Waals surface area contributed by atoms with E-state index in [1.54, 1.807) is 19.4 Å². The van der Waals surface area contributed by atoms with Gasteiger partial charge in [-0.2, -0.15) is 0 Å². The molecule has 0 fully saturated rings. The van der Waals surface area contributed by atoms with Gasteiger partial charge in [0.2, 0.25) is 5.88 Å². The average Bonchev–Trinajstić information content (AvgIpc) is 2.65. The number of hydrogen-bond donors (Lipinski definition) is 2. The maximum Gasteiger partial charge on any atom is 0.219 e. The SMILES string of the molecule is C#CCNC(=NCc1ccc(Oc2cccc(OC)c2)nc1)NCC.I. The lowest BCUT2D eigenvalue weighted by atomic mass is 10.3. The Balaban J connectivity index is 0.00000338. The molecule has 0 aliphatic heterocycles. The summed E-state index contributed by atoms with van der Waals surface area (Å²) in [5.41, 5.74) is 0.968. The molecule has 0 saturated carbocycles. The van der Waals surface area contributed by atoms with Crippen molar-refractivity contribution in [1.29, 1.82) is 0 Å². The van der Waals surface area contributed by atoms with Crippen molar-refractivity contribution in [1.82, 2.24) is 15.6 Å². The summed E-state index contributed by atoms with van der Waals surface area (Å²) < 4.78 is 10.9. The van der Waals surface area contributed by atoms with Gasteiger partial charge >= 0.3 is 0 Å². The summed E-state index contributed by atoms with van der Waals surface area (Å²) >= 11 is 0. The number of nitrogens with one attached hydrogen (secondary N) is 2. The van der Waals surface area contributed by atoms with E-state index in [1.807, 2.05) is 37.3 Å². The molecule has 2 aromatic rings. The van der Waals surface area contributed by atoms with Crippen LogP contribution in [0.4, 0.5) is 0 Å². The van der Waals surface area contributed by atoms with Crippen molar-refractivity contribution < 1.29 is 9.47 Å². The van der Waals surface area contributed by atoms with E-state index in [-0.39, 0.29) is 24.0 Å². The predicted octanol–water partition coefficient (Wildman–Crippen LogP) is 3.19. The Morgan fingerprint density at radius 1 is 1.23 bits per heavy atom. The third kappa shape index (κ3) is 7.19. The van der Waals surface area contributed by atoms with Crippen LogP contribution in [0, 0.1) is 12.3 Å². The Bertz CT molecular complexity index is 742. The molecule has 1 heterocycles. The molecule has 0 aliphatic rings. The van der Waals surface area contributed by atoms with Gasteiger partial charge in [-0.15, -0.1) is 30.4 Å². The molecule has 0 saturated heterocycles. The van der Waals surface area contributed by atoms with Crippen molar-refractivity contribution in [3.05, 3.63) is 48.2 Å². The molecule has 0 spiro atoms. The van der Waals surface area contributed by atoms with Crippen LogP contribution in [-0.2, 0) is 6.54 Å². The zero-order chi connectivity index (χ0) is 17.9. The van der Waals surface area contributed by atoms with Crippen LogP contribution in [0.25, 0.3) is 0 Å². The topological polar surface area (TPSA) is 67.8 Å². The van der Waals surface area contributed by atoms with Crippen molar-refractivity contribution >= 4 is 29.9 Å². The van der Waals surface area contributed by atoms with Gasteiger partial charge in [0.25, 0.3) is 0 Å². The number of methoxy groups -OCH3 is 1. The van der Waals surface area contributed by atoms with Crippen LogP contribution < -0.4 is 20.1 Å². The minimum Gasteiger partial charge on any atom is -0.497 e. The third-order valence-electron chi connectivity index (χ3n) is 3.18. The number of benzene rings is 1. The summed E-state index contributed by atoms with van der Waals surface area (Å²) in [6.07, 6.45) is 6.99. The quantitative estimate of drug-likeness (QED) is 0.284. The number of guanidine groups is 1. The largest absolute Gasteiger partial charge is 0.497 e. The second-order valence-corrected chi connectivity index (χ2v) is 5.04. The van der Waals surface area contributed by atoms with E-state index >= 15 is 0 Å². The first-order valence-electron chi connectivity index (χ1n) is 7.97. The minimum atomic E-state index is 0. The van der Waals surface area contributed by atoms with E-state index in [9.17, 15) is 0 Å². The fourth-order valence-electron chi connectivity index (χ4n) is 2.00. The zero-order valence-electron chi connectivity index (χ0n) is 14.9. The average molecular weight is 466 g/mol. The molecule has 7 heteroatoms. The number of pyridine rings is 1. The van der Waals surface area contributed by atoms with Crippen LogP contribution >= 0.6 is 24.0 Å². The molecule has 2 N–H and O–H groups in total. The molecule has 0 aliphatic carbocycles. The first-order chi connectivity index (χ1) is 12.2. The molecule has 0 unspecified atom stereocenters. The van der Waals surface area contributed by atoms with E-state index in [1.165, 1.54) is 0 Å². The smallest absolute Gasteiger partial charge is 0.219 e. The van der Waals surface area contributed by atoms with Crippen LogP contribution in [0.15, 0.2) is 47.6 Å². The van der Waals surface area contributed by atoms with E-state index in [0.717, 1.165) is 17.9 Å². The maximum atomic E-state index is 5.72. The van der Waals surface area contributed by atoms with Gasteiger partial charge in [-0.3, -0.25) is 0 Å². The predicted molar refractivity (Wildman–Crippen MR) is 114 cm³/mol. The molecule has 1 aromatic carbocycles. The highest BCUT2D eigenvalue weighted by Gasteiger charge is 2.02. The molecule has 1 aromatic heterocycles. The van der Waals surface area contributed by atoms with Crippen LogP contribution in [0.2, 0.25) is 0 Å². The van der Waals surface area contributed by atoms with Crippen LogP contribution in [0.1, 0.15) is 12.5 Å². The minimum absolute atomic E-state index is 0. The van der Waals surface area contributed by atoms with Gasteiger partial charge in [-0.05, 0) is 24.6 Å². The third-order valence-corrected chi connectivity index (χ3v) is 3.18.